The van der Waals surface area contributed by atoms with Crippen LogP contribution in [0, 0.1) is 5.92 Å². The molecule has 8 nitrogen and oxygen atoms in total. The van der Waals surface area contributed by atoms with Gasteiger partial charge in [0.1, 0.15) is 31.1 Å². The fourth-order valence-electron chi connectivity index (χ4n) is 1.83. The first-order chi connectivity index (χ1) is 10.1. The van der Waals surface area contributed by atoms with Crippen molar-refractivity contribution in [2.24, 2.45) is 11.7 Å². The lowest BCUT2D eigenvalue weighted by molar-refractivity contribution is 0.323. The molecule has 0 atom stereocenters. The zero-order valence-electron chi connectivity index (χ0n) is 12.3. The number of ether oxygens (including phenoxy) is 1. The minimum absolute atomic E-state index is 0.247. The van der Waals surface area contributed by atoms with E-state index in [1.165, 1.54) is 23.3 Å². The first kappa shape index (κ1) is 15.2. The molecule has 2 aromatic heterocycles. The maximum absolute atomic E-state index is 12.0. The number of rotatable bonds is 7. The molecule has 0 amide bonds. The lowest BCUT2D eigenvalue weighted by Crippen LogP contribution is -2.25. The summed E-state index contributed by atoms with van der Waals surface area (Å²) in [5.41, 5.74) is 5.10. The molecule has 0 fully saturated rings. The molecule has 0 bridgehead atoms. The summed E-state index contributed by atoms with van der Waals surface area (Å²) in [4.78, 5) is 16.2. The number of nitrogens with two attached hydrogens (primary N) is 1. The van der Waals surface area contributed by atoms with Crippen molar-refractivity contribution in [3.63, 3.8) is 0 Å². The molecule has 0 spiro atoms. The smallest absolute Gasteiger partial charge is 0.270 e. The Morgan fingerprint density at radius 3 is 2.81 bits per heavy atom. The summed E-state index contributed by atoms with van der Waals surface area (Å²) in [6, 6.07) is 1.39. The Labute approximate surface area is 122 Å². The Bertz CT molecular complexity index is 634. The third-order valence-electron chi connectivity index (χ3n) is 2.76. The maximum atomic E-state index is 12.0. The third kappa shape index (κ3) is 4.12. The van der Waals surface area contributed by atoms with Gasteiger partial charge in [-0.25, -0.2) is 14.3 Å². The van der Waals surface area contributed by atoms with Gasteiger partial charge in [0.25, 0.3) is 5.56 Å². The molecule has 0 unspecified atom stereocenters. The zero-order chi connectivity index (χ0) is 15.2. The molecule has 8 heteroatoms. The van der Waals surface area contributed by atoms with Crippen molar-refractivity contribution in [1.82, 2.24) is 24.5 Å². The molecular formula is C13H20N6O2. The van der Waals surface area contributed by atoms with Gasteiger partial charge >= 0.3 is 0 Å². The van der Waals surface area contributed by atoms with Crippen LogP contribution in [0.2, 0.25) is 0 Å². The molecule has 0 radical (unpaired) electrons. The van der Waals surface area contributed by atoms with Gasteiger partial charge in [-0.3, -0.25) is 4.79 Å². The standard InChI is InChI=1S/C13H20N6O2/c1-10(2)7-18-12(15-9-17-18)8-19-13(20)5-11(6-16-19)21-4-3-14/h5-6,9-10H,3-4,7-8,14H2,1-2H3. The third-order valence-corrected chi connectivity index (χ3v) is 2.76. The highest BCUT2D eigenvalue weighted by atomic mass is 16.5. The predicted octanol–water partition coefficient (Wildman–Crippen LogP) is -0.123. The summed E-state index contributed by atoms with van der Waals surface area (Å²) in [6.45, 7) is 5.97. The van der Waals surface area contributed by atoms with Crippen LogP contribution in [0.5, 0.6) is 5.75 Å². The summed E-state index contributed by atoms with van der Waals surface area (Å²) >= 11 is 0. The molecule has 0 aliphatic carbocycles. The maximum Gasteiger partial charge on any atom is 0.270 e. The average molecular weight is 292 g/mol. The van der Waals surface area contributed by atoms with E-state index < -0.39 is 0 Å². The van der Waals surface area contributed by atoms with E-state index in [1.54, 1.807) is 4.68 Å². The summed E-state index contributed by atoms with van der Waals surface area (Å²) in [7, 11) is 0. The minimum atomic E-state index is -0.247. The van der Waals surface area contributed by atoms with E-state index in [-0.39, 0.29) is 12.1 Å². The van der Waals surface area contributed by atoms with Gasteiger partial charge in [0.2, 0.25) is 0 Å². The van der Waals surface area contributed by atoms with Gasteiger partial charge in [-0.15, -0.1) is 0 Å². The summed E-state index contributed by atoms with van der Waals surface area (Å²) < 4.78 is 8.39. The Hall–Kier alpha value is -2.22. The van der Waals surface area contributed by atoms with Gasteiger partial charge in [0, 0.05) is 19.2 Å². The molecule has 0 aromatic carbocycles. The Morgan fingerprint density at radius 1 is 1.33 bits per heavy atom. The topological polar surface area (TPSA) is 101 Å². The largest absolute Gasteiger partial charge is 0.490 e. The van der Waals surface area contributed by atoms with Gasteiger partial charge in [0.15, 0.2) is 0 Å². The summed E-state index contributed by atoms with van der Waals surface area (Å²) in [5.74, 6) is 1.57. The second-order valence-corrected chi connectivity index (χ2v) is 5.08. The molecule has 0 saturated heterocycles. The van der Waals surface area contributed by atoms with E-state index in [0.717, 1.165) is 6.54 Å². The summed E-state index contributed by atoms with van der Waals surface area (Å²) in [6.07, 6.45) is 2.99. The van der Waals surface area contributed by atoms with Crippen molar-refractivity contribution in [3.05, 3.63) is 34.8 Å². The van der Waals surface area contributed by atoms with Crippen LogP contribution in [-0.4, -0.2) is 37.7 Å². The minimum Gasteiger partial charge on any atom is -0.490 e. The monoisotopic (exact) mass is 292 g/mol. The highest BCUT2D eigenvalue weighted by Gasteiger charge is 2.09. The second kappa shape index (κ2) is 6.98. The van der Waals surface area contributed by atoms with E-state index in [2.05, 4.69) is 29.0 Å². The van der Waals surface area contributed by atoms with E-state index in [9.17, 15) is 4.79 Å². The van der Waals surface area contributed by atoms with Crippen LogP contribution in [0.4, 0.5) is 0 Å². The van der Waals surface area contributed by atoms with Gasteiger partial charge in [-0.1, -0.05) is 13.8 Å². The van der Waals surface area contributed by atoms with Crippen molar-refractivity contribution < 1.29 is 4.74 Å². The molecule has 114 valence electrons. The van der Waals surface area contributed by atoms with Crippen LogP contribution < -0.4 is 16.0 Å². The van der Waals surface area contributed by atoms with Gasteiger partial charge in [-0.05, 0) is 5.92 Å². The molecule has 2 N–H and O–H groups in total. The SMILES string of the molecule is CC(C)Cn1ncnc1Cn1ncc(OCCN)cc1=O. The van der Waals surface area contributed by atoms with Crippen LogP contribution in [-0.2, 0) is 13.1 Å². The normalized spacial score (nSPS) is 11.0. The number of hydrogen-bond acceptors (Lipinski definition) is 6. The van der Waals surface area contributed by atoms with E-state index in [1.807, 2.05) is 0 Å². The molecule has 0 aliphatic heterocycles. The van der Waals surface area contributed by atoms with Crippen molar-refractivity contribution in [3.8, 4) is 5.75 Å². The first-order valence-electron chi connectivity index (χ1n) is 6.87. The molecular weight excluding hydrogens is 272 g/mol. The average Bonchev–Trinajstić information content (AvgIpc) is 2.85. The number of nitrogens with zero attached hydrogens (tertiary/aromatic N) is 5. The fraction of sp³-hybridized carbons (Fsp3) is 0.538. The van der Waals surface area contributed by atoms with Gasteiger partial charge in [-0.2, -0.15) is 10.2 Å². The van der Waals surface area contributed by atoms with Crippen LogP contribution in [0.3, 0.4) is 0 Å². The molecule has 21 heavy (non-hydrogen) atoms. The van der Waals surface area contributed by atoms with Crippen LogP contribution in [0.15, 0.2) is 23.4 Å². The van der Waals surface area contributed by atoms with Crippen LogP contribution in [0.25, 0.3) is 0 Å². The molecule has 2 aromatic rings. The van der Waals surface area contributed by atoms with Gasteiger partial charge < -0.3 is 10.5 Å². The Balaban J connectivity index is 2.13. The lowest BCUT2D eigenvalue weighted by Gasteiger charge is -2.10. The molecule has 0 saturated carbocycles. The Kier molecular flexibility index (Phi) is 5.04. The van der Waals surface area contributed by atoms with E-state index in [0.29, 0.717) is 30.6 Å². The summed E-state index contributed by atoms with van der Waals surface area (Å²) in [5, 5.41) is 8.25. The van der Waals surface area contributed by atoms with Crippen molar-refractivity contribution in [1.29, 1.82) is 0 Å². The number of hydrogen-bond donors (Lipinski definition) is 1. The van der Waals surface area contributed by atoms with Crippen LogP contribution >= 0.6 is 0 Å². The quantitative estimate of drug-likeness (QED) is 0.763. The van der Waals surface area contributed by atoms with E-state index in [4.69, 9.17) is 10.5 Å². The van der Waals surface area contributed by atoms with E-state index >= 15 is 0 Å². The molecule has 0 aliphatic rings. The molecule has 2 rings (SSSR count). The Morgan fingerprint density at radius 2 is 2.14 bits per heavy atom. The van der Waals surface area contributed by atoms with Crippen molar-refractivity contribution >= 4 is 0 Å². The molecule has 2 heterocycles. The van der Waals surface area contributed by atoms with Crippen LogP contribution in [0.1, 0.15) is 19.7 Å². The predicted molar refractivity (Wildman–Crippen MR) is 77.0 cm³/mol. The van der Waals surface area contributed by atoms with Crippen molar-refractivity contribution in [2.75, 3.05) is 13.2 Å². The zero-order valence-corrected chi connectivity index (χ0v) is 12.3. The fourth-order valence-corrected chi connectivity index (χ4v) is 1.83. The second-order valence-electron chi connectivity index (χ2n) is 5.08. The van der Waals surface area contributed by atoms with Crippen molar-refractivity contribution in [2.45, 2.75) is 26.9 Å². The lowest BCUT2D eigenvalue weighted by atomic mass is 10.2. The number of aromatic nitrogens is 5. The first-order valence-corrected chi connectivity index (χ1v) is 6.87. The van der Waals surface area contributed by atoms with Gasteiger partial charge in [0.05, 0.1) is 6.20 Å². The highest BCUT2D eigenvalue weighted by molar-refractivity contribution is 5.13. The highest BCUT2D eigenvalue weighted by Crippen LogP contribution is 2.05.